The van der Waals surface area contributed by atoms with Gasteiger partial charge in [0.2, 0.25) is 0 Å². The summed E-state index contributed by atoms with van der Waals surface area (Å²) in [6.07, 6.45) is 0. The average Bonchev–Trinajstić information content (AvgIpc) is 2.68. The van der Waals surface area contributed by atoms with Gasteiger partial charge in [0.25, 0.3) is 0 Å². The van der Waals surface area contributed by atoms with Crippen molar-refractivity contribution in [3.05, 3.63) is 41.0 Å². The molecule has 2 rings (SSSR count). The van der Waals surface area contributed by atoms with E-state index in [0.29, 0.717) is 6.61 Å². The summed E-state index contributed by atoms with van der Waals surface area (Å²) in [5, 5.41) is 8.09. The number of aromatic nitrogens is 3. The van der Waals surface area contributed by atoms with Crippen molar-refractivity contribution in [2.45, 2.75) is 33.4 Å². The van der Waals surface area contributed by atoms with Crippen molar-refractivity contribution in [2.24, 2.45) is 12.8 Å². The third kappa shape index (κ3) is 2.93. The lowest BCUT2D eigenvalue weighted by atomic mass is 10.1. The molecule has 0 saturated heterocycles. The molecular weight excluding hydrogens is 240 g/mol. The molecule has 0 aliphatic heterocycles. The van der Waals surface area contributed by atoms with Crippen LogP contribution in [0.5, 0.6) is 5.75 Å². The van der Waals surface area contributed by atoms with E-state index in [-0.39, 0.29) is 6.04 Å². The molecule has 0 unspecified atom stereocenters. The fourth-order valence-corrected chi connectivity index (χ4v) is 1.87. The van der Waals surface area contributed by atoms with Gasteiger partial charge in [-0.05, 0) is 26.8 Å². The van der Waals surface area contributed by atoms with Crippen molar-refractivity contribution in [2.75, 3.05) is 0 Å². The summed E-state index contributed by atoms with van der Waals surface area (Å²) >= 11 is 0. The molecule has 0 bridgehead atoms. The van der Waals surface area contributed by atoms with Crippen LogP contribution in [0, 0.1) is 13.8 Å². The number of nitrogens with zero attached hydrogens (tertiary/aromatic N) is 3. The van der Waals surface area contributed by atoms with Gasteiger partial charge in [-0.1, -0.05) is 17.7 Å². The lowest BCUT2D eigenvalue weighted by Gasteiger charge is -2.14. The fraction of sp³-hybridized carbons (Fsp3) is 0.429. The fourth-order valence-electron chi connectivity index (χ4n) is 1.87. The summed E-state index contributed by atoms with van der Waals surface area (Å²) in [6, 6.07) is 5.97. The van der Waals surface area contributed by atoms with Crippen LogP contribution in [-0.4, -0.2) is 14.8 Å². The van der Waals surface area contributed by atoms with Gasteiger partial charge in [0.1, 0.15) is 18.2 Å². The average molecular weight is 260 g/mol. The van der Waals surface area contributed by atoms with Gasteiger partial charge in [0.15, 0.2) is 5.82 Å². The zero-order valence-electron chi connectivity index (χ0n) is 11.8. The second kappa shape index (κ2) is 5.40. The van der Waals surface area contributed by atoms with Gasteiger partial charge in [0.05, 0.1) is 0 Å². The summed E-state index contributed by atoms with van der Waals surface area (Å²) in [5.74, 6) is 2.48. The third-order valence-electron chi connectivity index (χ3n) is 3.20. The Bertz CT molecular complexity index is 575. The molecule has 0 aliphatic carbocycles. The van der Waals surface area contributed by atoms with Crippen LogP contribution >= 0.6 is 0 Å². The van der Waals surface area contributed by atoms with E-state index in [1.165, 1.54) is 5.56 Å². The molecule has 0 radical (unpaired) electrons. The predicted octanol–water partition coefficient (Wildman–Crippen LogP) is 2.03. The molecule has 19 heavy (non-hydrogen) atoms. The number of rotatable bonds is 4. The van der Waals surface area contributed by atoms with Gasteiger partial charge >= 0.3 is 0 Å². The molecule has 1 aromatic heterocycles. The Hall–Kier alpha value is -1.88. The molecular formula is C14H20N4O. The summed E-state index contributed by atoms with van der Waals surface area (Å²) in [6.45, 7) is 6.30. The van der Waals surface area contributed by atoms with Crippen LogP contribution in [0.2, 0.25) is 0 Å². The van der Waals surface area contributed by atoms with E-state index in [1.54, 1.807) is 0 Å². The Morgan fingerprint density at radius 2 is 2.05 bits per heavy atom. The zero-order valence-corrected chi connectivity index (χ0v) is 11.8. The van der Waals surface area contributed by atoms with E-state index in [2.05, 4.69) is 16.3 Å². The molecule has 5 nitrogen and oxygen atoms in total. The standard InChI is InChI=1S/C14H20N4O/c1-9-5-6-13(12(7-9)10(2)15)19-8-14-17-16-11(3)18(14)4/h5-7,10H,8,15H2,1-4H3/t10-/m0/s1. The van der Waals surface area contributed by atoms with Crippen LogP contribution in [0.4, 0.5) is 0 Å². The number of hydrogen-bond donors (Lipinski definition) is 1. The van der Waals surface area contributed by atoms with Crippen LogP contribution in [0.3, 0.4) is 0 Å². The van der Waals surface area contributed by atoms with Crippen LogP contribution in [0.15, 0.2) is 18.2 Å². The molecule has 1 heterocycles. The number of hydrogen-bond acceptors (Lipinski definition) is 4. The molecule has 102 valence electrons. The minimum absolute atomic E-state index is 0.0591. The Morgan fingerprint density at radius 3 is 2.63 bits per heavy atom. The minimum Gasteiger partial charge on any atom is -0.485 e. The largest absolute Gasteiger partial charge is 0.485 e. The maximum atomic E-state index is 5.97. The lowest BCUT2D eigenvalue weighted by Crippen LogP contribution is -2.10. The quantitative estimate of drug-likeness (QED) is 0.913. The first-order chi connectivity index (χ1) is 8.99. The Labute approximate surface area is 113 Å². The van der Waals surface area contributed by atoms with Crippen molar-refractivity contribution in [3.8, 4) is 5.75 Å². The lowest BCUT2D eigenvalue weighted by molar-refractivity contribution is 0.286. The maximum Gasteiger partial charge on any atom is 0.170 e. The molecule has 2 N–H and O–H groups in total. The second-order valence-electron chi connectivity index (χ2n) is 4.84. The normalized spacial score (nSPS) is 12.5. The van der Waals surface area contributed by atoms with Gasteiger partial charge in [-0.15, -0.1) is 10.2 Å². The Kier molecular flexibility index (Phi) is 3.85. The van der Waals surface area contributed by atoms with E-state index in [9.17, 15) is 0 Å². The Balaban J connectivity index is 2.17. The molecule has 5 heteroatoms. The van der Waals surface area contributed by atoms with E-state index in [1.807, 2.05) is 44.5 Å². The number of benzene rings is 1. The molecule has 0 spiro atoms. The molecule has 1 atom stereocenters. The number of aryl methyl sites for hydroxylation is 2. The van der Waals surface area contributed by atoms with Gasteiger partial charge < -0.3 is 15.0 Å². The van der Waals surface area contributed by atoms with Crippen molar-refractivity contribution in [1.29, 1.82) is 0 Å². The summed E-state index contributed by atoms with van der Waals surface area (Å²) in [7, 11) is 1.93. The van der Waals surface area contributed by atoms with E-state index < -0.39 is 0 Å². The van der Waals surface area contributed by atoms with Gasteiger partial charge in [-0.25, -0.2) is 0 Å². The molecule has 0 fully saturated rings. The number of nitrogens with two attached hydrogens (primary N) is 1. The molecule has 0 saturated carbocycles. The Morgan fingerprint density at radius 1 is 1.32 bits per heavy atom. The van der Waals surface area contributed by atoms with Gasteiger partial charge in [0, 0.05) is 18.7 Å². The van der Waals surface area contributed by atoms with E-state index in [0.717, 1.165) is 23.0 Å². The highest BCUT2D eigenvalue weighted by molar-refractivity contribution is 5.38. The zero-order chi connectivity index (χ0) is 14.0. The molecule has 2 aromatic rings. The minimum atomic E-state index is -0.0591. The first kappa shape index (κ1) is 13.5. The maximum absolute atomic E-state index is 5.97. The smallest absolute Gasteiger partial charge is 0.170 e. The highest BCUT2D eigenvalue weighted by atomic mass is 16.5. The second-order valence-corrected chi connectivity index (χ2v) is 4.84. The highest BCUT2D eigenvalue weighted by Crippen LogP contribution is 2.25. The van der Waals surface area contributed by atoms with Gasteiger partial charge in [-0.3, -0.25) is 0 Å². The van der Waals surface area contributed by atoms with Gasteiger partial charge in [-0.2, -0.15) is 0 Å². The van der Waals surface area contributed by atoms with Crippen molar-refractivity contribution >= 4 is 0 Å². The molecule has 0 aliphatic rings. The van der Waals surface area contributed by atoms with Crippen LogP contribution in [0.25, 0.3) is 0 Å². The molecule has 1 aromatic carbocycles. The van der Waals surface area contributed by atoms with Crippen molar-refractivity contribution in [3.63, 3.8) is 0 Å². The van der Waals surface area contributed by atoms with Crippen molar-refractivity contribution in [1.82, 2.24) is 14.8 Å². The third-order valence-corrected chi connectivity index (χ3v) is 3.20. The predicted molar refractivity (Wildman–Crippen MR) is 73.9 cm³/mol. The van der Waals surface area contributed by atoms with E-state index >= 15 is 0 Å². The van der Waals surface area contributed by atoms with Crippen molar-refractivity contribution < 1.29 is 4.74 Å². The monoisotopic (exact) mass is 260 g/mol. The summed E-state index contributed by atoms with van der Waals surface area (Å²) < 4.78 is 7.75. The first-order valence-electron chi connectivity index (χ1n) is 6.33. The number of ether oxygens (including phenoxy) is 1. The molecule has 0 amide bonds. The topological polar surface area (TPSA) is 66.0 Å². The first-order valence-corrected chi connectivity index (χ1v) is 6.33. The van der Waals surface area contributed by atoms with Crippen LogP contribution in [-0.2, 0) is 13.7 Å². The van der Waals surface area contributed by atoms with Crippen LogP contribution < -0.4 is 10.5 Å². The van der Waals surface area contributed by atoms with Crippen LogP contribution in [0.1, 0.15) is 35.7 Å². The van der Waals surface area contributed by atoms with E-state index in [4.69, 9.17) is 10.5 Å². The SMILES string of the molecule is Cc1ccc(OCc2nnc(C)n2C)c([C@H](C)N)c1. The summed E-state index contributed by atoms with van der Waals surface area (Å²) in [4.78, 5) is 0. The highest BCUT2D eigenvalue weighted by Gasteiger charge is 2.11. The summed E-state index contributed by atoms with van der Waals surface area (Å²) in [5.41, 5.74) is 8.16.